The van der Waals surface area contributed by atoms with Crippen LogP contribution in [0.15, 0.2) is 65.9 Å². The Labute approximate surface area is 161 Å². The summed E-state index contributed by atoms with van der Waals surface area (Å²) < 4.78 is 6.96. The van der Waals surface area contributed by atoms with Crippen LogP contribution in [0.4, 0.5) is 4.79 Å². The Morgan fingerprint density at radius 3 is 2.50 bits per heavy atom. The van der Waals surface area contributed by atoms with Gasteiger partial charge in [-0.05, 0) is 36.4 Å². The number of nitrogens with zero attached hydrogens (tertiary/aromatic N) is 4. The molecule has 1 N–H and O–H groups in total. The molecule has 0 aliphatic carbocycles. The molecule has 8 heteroatoms. The van der Waals surface area contributed by atoms with E-state index >= 15 is 0 Å². The third-order valence-corrected chi connectivity index (χ3v) is 4.24. The number of hydrazone groups is 1. The summed E-state index contributed by atoms with van der Waals surface area (Å²) in [5.74, 6) is 0.367. The van der Waals surface area contributed by atoms with Crippen LogP contribution in [0, 0.1) is 0 Å². The van der Waals surface area contributed by atoms with E-state index in [1.54, 1.807) is 11.8 Å². The summed E-state index contributed by atoms with van der Waals surface area (Å²) in [6.45, 7) is -0.0972. The maximum Gasteiger partial charge on any atom is 0.344 e. The average Bonchev–Trinajstić information content (AvgIpc) is 3.29. The van der Waals surface area contributed by atoms with Gasteiger partial charge in [-0.1, -0.05) is 18.2 Å². The summed E-state index contributed by atoms with van der Waals surface area (Å²) in [5.41, 5.74) is 3.17. The van der Waals surface area contributed by atoms with E-state index in [9.17, 15) is 9.59 Å². The monoisotopic (exact) mass is 375 g/mol. The van der Waals surface area contributed by atoms with Gasteiger partial charge in [-0.2, -0.15) is 10.2 Å². The summed E-state index contributed by atoms with van der Waals surface area (Å²) in [6, 6.07) is 16.6. The number of rotatable bonds is 5. The summed E-state index contributed by atoms with van der Waals surface area (Å²) in [6.07, 6.45) is 3.36. The molecule has 1 fully saturated rings. The molecule has 8 nitrogen and oxygen atoms in total. The highest BCUT2D eigenvalue weighted by molar-refractivity contribution is 6.02. The molecule has 0 radical (unpaired) electrons. The standard InChI is InChI=1S/C20H17N5O3/c1-28-17-9-7-14(8-10-17)19-15(11-21-25-13-18(26)22-20(25)27)12-24(23-19)16-5-3-2-4-6-16/h2-12H,13H2,1H3,(H,22,26,27)/b21-11-. The van der Waals surface area contributed by atoms with Gasteiger partial charge in [0.25, 0.3) is 0 Å². The quantitative estimate of drug-likeness (QED) is 0.548. The molecule has 2 aromatic carbocycles. The number of imide groups is 1. The van der Waals surface area contributed by atoms with E-state index in [0.29, 0.717) is 11.3 Å². The molecule has 3 aromatic rings. The minimum atomic E-state index is -0.539. The van der Waals surface area contributed by atoms with E-state index in [1.165, 1.54) is 6.21 Å². The normalized spacial score (nSPS) is 14.0. The van der Waals surface area contributed by atoms with Gasteiger partial charge in [0.15, 0.2) is 0 Å². The smallest absolute Gasteiger partial charge is 0.344 e. The predicted molar refractivity (Wildman–Crippen MR) is 103 cm³/mol. The lowest BCUT2D eigenvalue weighted by Gasteiger charge is -2.04. The molecule has 1 aliphatic heterocycles. The number of urea groups is 1. The number of benzene rings is 2. The van der Waals surface area contributed by atoms with Crippen molar-refractivity contribution in [1.82, 2.24) is 20.1 Å². The second-order valence-corrected chi connectivity index (χ2v) is 6.10. The Bertz CT molecular complexity index is 1040. The Hall–Kier alpha value is -3.94. The van der Waals surface area contributed by atoms with Gasteiger partial charge in [0.2, 0.25) is 5.91 Å². The largest absolute Gasteiger partial charge is 0.497 e. The average molecular weight is 375 g/mol. The molecule has 0 spiro atoms. The zero-order valence-corrected chi connectivity index (χ0v) is 15.1. The second-order valence-electron chi connectivity index (χ2n) is 6.10. The Kier molecular flexibility index (Phi) is 4.59. The van der Waals surface area contributed by atoms with Crippen molar-refractivity contribution in [3.8, 4) is 22.7 Å². The van der Waals surface area contributed by atoms with Gasteiger partial charge >= 0.3 is 6.03 Å². The van der Waals surface area contributed by atoms with Crippen molar-refractivity contribution < 1.29 is 14.3 Å². The molecule has 1 aliphatic rings. The minimum Gasteiger partial charge on any atom is -0.497 e. The van der Waals surface area contributed by atoms with Crippen LogP contribution < -0.4 is 10.1 Å². The predicted octanol–water partition coefficient (Wildman–Crippen LogP) is 2.43. The van der Waals surface area contributed by atoms with Crippen molar-refractivity contribution in [2.24, 2.45) is 5.10 Å². The van der Waals surface area contributed by atoms with Crippen LogP contribution in [0.3, 0.4) is 0 Å². The van der Waals surface area contributed by atoms with Crippen LogP contribution in [-0.4, -0.2) is 46.6 Å². The molecule has 140 valence electrons. The van der Waals surface area contributed by atoms with Gasteiger partial charge < -0.3 is 4.74 Å². The lowest BCUT2D eigenvalue weighted by atomic mass is 10.1. The molecule has 1 saturated heterocycles. The number of hydrogen-bond acceptors (Lipinski definition) is 5. The molecular formula is C20H17N5O3. The summed E-state index contributed by atoms with van der Waals surface area (Å²) >= 11 is 0. The van der Waals surface area contributed by atoms with Crippen molar-refractivity contribution in [3.05, 3.63) is 66.4 Å². The number of amides is 3. The first-order valence-corrected chi connectivity index (χ1v) is 8.59. The topological polar surface area (TPSA) is 88.8 Å². The van der Waals surface area contributed by atoms with Gasteiger partial charge in [-0.25, -0.2) is 14.5 Å². The first-order chi connectivity index (χ1) is 13.6. The summed E-state index contributed by atoms with van der Waals surface area (Å²) in [4.78, 5) is 23.0. The fraction of sp³-hybridized carbons (Fsp3) is 0.100. The Morgan fingerprint density at radius 1 is 1.11 bits per heavy atom. The van der Waals surface area contributed by atoms with Crippen molar-refractivity contribution in [3.63, 3.8) is 0 Å². The van der Waals surface area contributed by atoms with Crippen LogP contribution in [0.25, 0.3) is 16.9 Å². The summed E-state index contributed by atoms with van der Waals surface area (Å²) in [5, 5.41) is 12.1. The minimum absolute atomic E-state index is 0.0972. The van der Waals surface area contributed by atoms with E-state index in [2.05, 4.69) is 15.5 Å². The Morgan fingerprint density at radius 2 is 1.86 bits per heavy atom. The third-order valence-electron chi connectivity index (χ3n) is 4.24. The van der Waals surface area contributed by atoms with Crippen LogP contribution in [0.5, 0.6) is 5.75 Å². The molecular weight excluding hydrogens is 358 g/mol. The third kappa shape index (κ3) is 3.48. The van der Waals surface area contributed by atoms with Gasteiger partial charge in [0, 0.05) is 17.3 Å². The van der Waals surface area contributed by atoms with Crippen LogP contribution in [0.2, 0.25) is 0 Å². The number of para-hydroxylation sites is 1. The van der Waals surface area contributed by atoms with Crippen molar-refractivity contribution in [1.29, 1.82) is 0 Å². The fourth-order valence-corrected chi connectivity index (χ4v) is 2.82. The maximum absolute atomic E-state index is 11.7. The van der Waals surface area contributed by atoms with Crippen molar-refractivity contribution in [2.45, 2.75) is 0 Å². The molecule has 3 amide bonds. The number of methoxy groups -OCH3 is 1. The Balaban J connectivity index is 1.73. The number of carbonyl (C=O) groups is 2. The van der Waals surface area contributed by atoms with Gasteiger partial charge in [0.1, 0.15) is 18.0 Å². The molecule has 28 heavy (non-hydrogen) atoms. The zero-order valence-electron chi connectivity index (χ0n) is 15.1. The number of carbonyl (C=O) groups excluding carboxylic acids is 2. The molecule has 0 unspecified atom stereocenters. The lowest BCUT2D eigenvalue weighted by molar-refractivity contribution is -0.118. The first-order valence-electron chi connectivity index (χ1n) is 8.59. The van der Waals surface area contributed by atoms with Gasteiger partial charge in [-0.15, -0.1) is 0 Å². The lowest BCUT2D eigenvalue weighted by Crippen LogP contribution is -2.24. The molecule has 0 atom stereocenters. The number of aromatic nitrogens is 2. The second kappa shape index (κ2) is 7.36. The van der Waals surface area contributed by atoms with E-state index in [1.807, 2.05) is 60.8 Å². The van der Waals surface area contributed by atoms with Crippen LogP contribution in [-0.2, 0) is 4.79 Å². The summed E-state index contributed by atoms with van der Waals surface area (Å²) in [7, 11) is 1.61. The van der Waals surface area contributed by atoms with E-state index in [0.717, 1.165) is 22.0 Å². The molecule has 0 saturated carbocycles. The molecule has 1 aromatic heterocycles. The first kappa shape index (κ1) is 17.5. The highest BCUT2D eigenvalue weighted by Crippen LogP contribution is 2.25. The number of ether oxygens (including phenoxy) is 1. The maximum atomic E-state index is 11.7. The highest BCUT2D eigenvalue weighted by atomic mass is 16.5. The highest BCUT2D eigenvalue weighted by Gasteiger charge is 2.26. The van der Waals surface area contributed by atoms with Crippen LogP contribution in [0.1, 0.15) is 5.56 Å². The molecule has 2 heterocycles. The van der Waals surface area contributed by atoms with Crippen molar-refractivity contribution in [2.75, 3.05) is 13.7 Å². The molecule has 4 rings (SSSR count). The van der Waals surface area contributed by atoms with E-state index in [4.69, 9.17) is 4.74 Å². The number of hydrogen-bond donors (Lipinski definition) is 1. The fourth-order valence-electron chi connectivity index (χ4n) is 2.82. The zero-order chi connectivity index (χ0) is 19.5. The van der Waals surface area contributed by atoms with Gasteiger partial charge in [0.05, 0.1) is 19.0 Å². The number of nitrogens with one attached hydrogen (secondary N) is 1. The van der Waals surface area contributed by atoms with Crippen LogP contribution >= 0.6 is 0 Å². The van der Waals surface area contributed by atoms with E-state index in [-0.39, 0.29) is 12.5 Å². The molecule has 0 bridgehead atoms. The SMILES string of the molecule is COc1ccc(-c2nn(-c3ccccc3)cc2/C=N\N2CC(=O)NC2=O)cc1. The van der Waals surface area contributed by atoms with E-state index < -0.39 is 6.03 Å². The van der Waals surface area contributed by atoms with Crippen molar-refractivity contribution >= 4 is 18.2 Å². The van der Waals surface area contributed by atoms with Gasteiger partial charge in [-0.3, -0.25) is 10.1 Å².